The van der Waals surface area contributed by atoms with Gasteiger partial charge in [0.2, 0.25) is 0 Å². The van der Waals surface area contributed by atoms with Crippen LogP contribution >= 0.6 is 0 Å². The summed E-state index contributed by atoms with van der Waals surface area (Å²) in [6.07, 6.45) is -0.661. The lowest BCUT2D eigenvalue weighted by Gasteiger charge is -2.21. The molecular formula is C23H18O4. The van der Waals surface area contributed by atoms with Crippen molar-refractivity contribution in [3.8, 4) is 0 Å². The SMILES string of the molecule is O=C(O[C@@H]1c2ccccc2C[C@H]1OC(=O)c1ccccc1)c1ccccc1. The van der Waals surface area contributed by atoms with E-state index in [1.807, 2.05) is 36.4 Å². The number of esters is 2. The molecule has 1 aliphatic rings. The van der Waals surface area contributed by atoms with Crippen molar-refractivity contribution in [2.45, 2.75) is 18.6 Å². The Morgan fingerprint density at radius 3 is 1.81 bits per heavy atom. The normalized spacial score (nSPS) is 17.8. The fourth-order valence-corrected chi connectivity index (χ4v) is 3.30. The van der Waals surface area contributed by atoms with E-state index in [4.69, 9.17) is 9.47 Å². The molecule has 0 aromatic heterocycles. The van der Waals surface area contributed by atoms with Crippen LogP contribution in [0, 0.1) is 0 Å². The lowest BCUT2D eigenvalue weighted by atomic mass is 10.1. The number of ether oxygens (including phenoxy) is 2. The molecule has 0 N–H and O–H groups in total. The predicted octanol–water partition coefficient (Wildman–Crippen LogP) is 4.37. The third-order valence-electron chi connectivity index (χ3n) is 4.63. The van der Waals surface area contributed by atoms with E-state index in [1.54, 1.807) is 48.5 Å². The van der Waals surface area contributed by atoms with Crippen LogP contribution in [0.25, 0.3) is 0 Å². The van der Waals surface area contributed by atoms with E-state index in [2.05, 4.69) is 0 Å². The average molecular weight is 358 g/mol. The van der Waals surface area contributed by atoms with E-state index < -0.39 is 24.1 Å². The maximum absolute atomic E-state index is 12.5. The Kier molecular flexibility index (Phi) is 4.71. The highest BCUT2D eigenvalue weighted by Crippen LogP contribution is 2.37. The summed E-state index contributed by atoms with van der Waals surface area (Å²) in [6, 6.07) is 25.3. The second-order valence-electron chi connectivity index (χ2n) is 6.40. The molecule has 0 amide bonds. The van der Waals surface area contributed by atoms with Gasteiger partial charge in [-0.3, -0.25) is 0 Å². The molecule has 0 spiro atoms. The Labute approximate surface area is 157 Å². The Hall–Kier alpha value is -3.40. The average Bonchev–Trinajstić information content (AvgIpc) is 3.06. The molecule has 4 nitrogen and oxygen atoms in total. The molecule has 0 saturated carbocycles. The third kappa shape index (κ3) is 3.60. The molecule has 4 heteroatoms. The van der Waals surface area contributed by atoms with Crippen LogP contribution in [0.15, 0.2) is 84.9 Å². The van der Waals surface area contributed by atoms with Crippen molar-refractivity contribution < 1.29 is 19.1 Å². The largest absolute Gasteiger partial charge is 0.454 e. The summed E-state index contributed by atoms with van der Waals surface area (Å²) in [5, 5.41) is 0. The summed E-state index contributed by atoms with van der Waals surface area (Å²) >= 11 is 0. The van der Waals surface area contributed by atoms with Gasteiger partial charge in [0.25, 0.3) is 0 Å². The highest BCUT2D eigenvalue weighted by Gasteiger charge is 2.38. The molecule has 2 atom stereocenters. The van der Waals surface area contributed by atoms with Gasteiger partial charge in [-0.15, -0.1) is 0 Å². The van der Waals surface area contributed by atoms with Gasteiger partial charge in [-0.25, -0.2) is 9.59 Å². The molecule has 0 unspecified atom stereocenters. The lowest BCUT2D eigenvalue weighted by Crippen LogP contribution is -2.26. The van der Waals surface area contributed by atoms with E-state index in [0.29, 0.717) is 17.5 Å². The van der Waals surface area contributed by atoms with Crippen LogP contribution < -0.4 is 0 Å². The number of benzene rings is 3. The van der Waals surface area contributed by atoms with E-state index in [1.165, 1.54) is 0 Å². The van der Waals surface area contributed by atoms with Crippen LogP contribution in [0.2, 0.25) is 0 Å². The van der Waals surface area contributed by atoms with Crippen LogP contribution in [0.3, 0.4) is 0 Å². The van der Waals surface area contributed by atoms with Crippen molar-refractivity contribution in [3.05, 3.63) is 107 Å². The summed E-state index contributed by atoms with van der Waals surface area (Å²) in [7, 11) is 0. The van der Waals surface area contributed by atoms with E-state index in [-0.39, 0.29) is 0 Å². The lowest BCUT2D eigenvalue weighted by molar-refractivity contribution is -0.0301. The van der Waals surface area contributed by atoms with Crippen LogP contribution in [-0.2, 0) is 15.9 Å². The second-order valence-corrected chi connectivity index (χ2v) is 6.40. The van der Waals surface area contributed by atoms with Gasteiger partial charge in [0.05, 0.1) is 11.1 Å². The van der Waals surface area contributed by atoms with Crippen LogP contribution in [0.4, 0.5) is 0 Å². The fraction of sp³-hybridized carbons (Fsp3) is 0.130. The molecule has 0 saturated heterocycles. The van der Waals surface area contributed by atoms with Crippen LogP contribution in [0.5, 0.6) is 0 Å². The summed E-state index contributed by atoms with van der Waals surface area (Å²) < 4.78 is 11.5. The highest BCUT2D eigenvalue weighted by molar-refractivity contribution is 5.90. The number of rotatable bonds is 4. The van der Waals surface area contributed by atoms with Crippen molar-refractivity contribution in [2.75, 3.05) is 0 Å². The molecule has 0 bridgehead atoms. The monoisotopic (exact) mass is 358 g/mol. The van der Waals surface area contributed by atoms with Gasteiger partial charge in [0.1, 0.15) is 6.10 Å². The molecule has 0 aliphatic heterocycles. The van der Waals surface area contributed by atoms with Crippen LogP contribution in [0.1, 0.15) is 37.9 Å². The maximum atomic E-state index is 12.5. The Morgan fingerprint density at radius 2 is 1.19 bits per heavy atom. The molecule has 27 heavy (non-hydrogen) atoms. The minimum absolute atomic E-state index is 0.422. The number of hydrogen-bond acceptors (Lipinski definition) is 4. The van der Waals surface area contributed by atoms with E-state index in [0.717, 1.165) is 11.1 Å². The summed E-state index contributed by atoms with van der Waals surface area (Å²) in [6.45, 7) is 0. The summed E-state index contributed by atoms with van der Waals surface area (Å²) in [5.74, 6) is -0.854. The van der Waals surface area contributed by atoms with Crippen molar-refractivity contribution in [2.24, 2.45) is 0 Å². The predicted molar refractivity (Wildman–Crippen MR) is 100 cm³/mol. The molecule has 3 aromatic rings. The highest BCUT2D eigenvalue weighted by atomic mass is 16.6. The fourth-order valence-electron chi connectivity index (χ4n) is 3.30. The first kappa shape index (κ1) is 17.0. The number of carbonyl (C=O) groups excluding carboxylic acids is 2. The number of fused-ring (bicyclic) bond motifs is 1. The minimum atomic E-state index is -0.624. The minimum Gasteiger partial charge on any atom is -0.454 e. The second kappa shape index (κ2) is 7.46. The van der Waals surface area contributed by atoms with Gasteiger partial charge in [0, 0.05) is 6.42 Å². The topological polar surface area (TPSA) is 52.6 Å². The molecule has 0 radical (unpaired) electrons. The zero-order valence-corrected chi connectivity index (χ0v) is 14.6. The van der Waals surface area contributed by atoms with Crippen molar-refractivity contribution in [1.29, 1.82) is 0 Å². The molecule has 134 valence electrons. The Bertz CT molecular complexity index is 950. The van der Waals surface area contributed by atoms with Gasteiger partial charge in [-0.2, -0.15) is 0 Å². The zero-order valence-electron chi connectivity index (χ0n) is 14.6. The van der Waals surface area contributed by atoms with Crippen molar-refractivity contribution in [1.82, 2.24) is 0 Å². The molecule has 3 aromatic carbocycles. The smallest absolute Gasteiger partial charge is 0.338 e. The quantitative estimate of drug-likeness (QED) is 0.650. The third-order valence-corrected chi connectivity index (χ3v) is 4.63. The Morgan fingerprint density at radius 1 is 0.667 bits per heavy atom. The van der Waals surface area contributed by atoms with E-state index >= 15 is 0 Å². The molecule has 1 aliphatic carbocycles. The Balaban J connectivity index is 1.57. The van der Waals surface area contributed by atoms with Gasteiger partial charge in [-0.1, -0.05) is 60.7 Å². The van der Waals surface area contributed by atoms with Gasteiger partial charge >= 0.3 is 11.9 Å². The summed E-state index contributed by atoms with van der Waals surface area (Å²) in [5.41, 5.74) is 2.85. The first-order valence-electron chi connectivity index (χ1n) is 8.82. The zero-order chi connectivity index (χ0) is 18.6. The van der Waals surface area contributed by atoms with Crippen LogP contribution in [-0.4, -0.2) is 18.0 Å². The molecule has 0 fully saturated rings. The summed E-state index contributed by atoms with van der Waals surface area (Å²) in [4.78, 5) is 25.0. The first-order valence-corrected chi connectivity index (χ1v) is 8.82. The van der Waals surface area contributed by atoms with Gasteiger partial charge < -0.3 is 9.47 Å². The molecule has 0 heterocycles. The van der Waals surface area contributed by atoms with E-state index in [9.17, 15) is 9.59 Å². The standard InChI is InChI=1S/C23H18O4/c24-22(16-9-3-1-4-10-16)26-20-15-18-13-7-8-14-19(18)21(20)27-23(25)17-11-5-2-6-12-17/h1-14,20-21H,15H2/t20-,21-/m1/s1. The number of carbonyl (C=O) groups is 2. The number of hydrogen-bond donors (Lipinski definition) is 0. The molecule has 4 rings (SSSR count). The maximum Gasteiger partial charge on any atom is 0.338 e. The van der Waals surface area contributed by atoms with Crippen molar-refractivity contribution >= 4 is 11.9 Å². The van der Waals surface area contributed by atoms with Crippen molar-refractivity contribution in [3.63, 3.8) is 0 Å². The first-order chi connectivity index (χ1) is 13.2. The van der Waals surface area contributed by atoms with Gasteiger partial charge in [-0.05, 0) is 35.4 Å². The molecular weight excluding hydrogens is 340 g/mol. The van der Waals surface area contributed by atoms with Gasteiger partial charge in [0.15, 0.2) is 6.10 Å².